The number of aryl methyl sites for hydroxylation is 2. The Morgan fingerprint density at radius 3 is 2.31 bits per heavy atom. The van der Waals surface area contributed by atoms with Gasteiger partial charge in [0.15, 0.2) is 0 Å². The molecule has 0 spiro atoms. The molecule has 0 saturated carbocycles. The van der Waals surface area contributed by atoms with Crippen LogP contribution in [0.15, 0.2) is 6.07 Å². The average Bonchev–Trinajstić information content (AvgIpc) is 2.03. The minimum absolute atomic E-state index is 0.618. The van der Waals surface area contributed by atoms with Crippen molar-refractivity contribution in [3.63, 3.8) is 0 Å². The summed E-state index contributed by atoms with van der Waals surface area (Å²) in [6.45, 7) is 5.33. The van der Waals surface area contributed by atoms with Gasteiger partial charge in [-0.25, -0.2) is 9.97 Å². The highest BCUT2D eigenvalue weighted by atomic mass is 15.2. The van der Waals surface area contributed by atoms with Gasteiger partial charge in [0.2, 0.25) is 5.95 Å². The van der Waals surface area contributed by atoms with Crippen LogP contribution < -0.4 is 10.6 Å². The van der Waals surface area contributed by atoms with Crippen molar-refractivity contribution in [1.82, 2.24) is 9.97 Å². The second-order valence-corrected chi connectivity index (χ2v) is 3.16. The van der Waals surface area contributed by atoms with Crippen molar-refractivity contribution >= 4 is 5.95 Å². The average molecular weight is 180 g/mol. The summed E-state index contributed by atoms with van der Waals surface area (Å²) in [6, 6.07) is 1.96. The van der Waals surface area contributed by atoms with Gasteiger partial charge in [-0.15, -0.1) is 0 Å². The van der Waals surface area contributed by atoms with Crippen LogP contribution in [0.1, 0.15) is 11.4 Å². The SMILES string of the molecule is Cc1cc(C)nc(N(C)CCN)n1. The van der Waals surface area contributed by atoms with Gasteiger partial charge in [0, 0.05) is 31.5 Å². The summed E-state index contributed by atoms with van der Waals surface area (Å²) in [5.41, 5.74) is 7.43. The molecule has 1 heterocycles. The van der Waals surface area contributed by atoms with E-state index >= 15 is 0 Å². The molecule has 0 unspecified atom stereocenters. The molecule has 0 amide bonds. The van der Waals surface area contributed by atoms with E-state index in [4.69, 9.17) is 5.73 Å². The highest BCUT2D eigenvalue weighted by molar-refractivity contribution is 5.30. The van der Waals surface area contributed by atoms with Crippen molar-refractivity contribution in [2.45, 2.75) is 13.8 Å². The summed E-state index contributed by atoms with van der Waals surface area (Å²) in [5, 5.41) is 0. The van der Waals surface area contributed by atoms with Crippen LogP contribution in [0.4, 0.5) is 5.95 Å². The van der Waals surface area contributed by atoms with E-state index in [-0.39, 0.29) is 0 Å². The first-order valence-corrected chi connectivity index (χ1v) is 4.37. The molecule has 4 heteroatoms. The lowest BCUT2D eigenvalue weighted by molar-refractivity contribution is 0.835. The summed E-state index contributed by atoms with van der Waals surface area (Å²) in [7, 11) is 1.95. The lowest BCUT2D eigenvalue weighted by atomic mass is 10.3. The summed E-state index contributed by atoms with van der Waals surface area (Å²) in [6.07, 6.45) is 0. The number of hydrogen-bond acceptors (Lipinski definition) is 4. The van der Waals surface area contributed by atoms with Gasteiger partial charge in [0.05, 0.1) is 0 Å². The predicted molar refractivity (Wildman–Crippen MR) is 53.8 cm³/mol. The van der Waals surface area contributed by atoms with Crippen molar-refractivity contribution in [1.29, 1.82) is 0 Å². The molecule has 4 nitrogen and oxygen atoms in total. The van der Waals surface area contributed by atoms with E-state index in [2.05, 4.69) is 9.97 Å². The van der Waals surface area contributed by atoms with Crippen molar-refractivity contribution in [3.8, 4) is 0 Å². The number of rotatable bonds is 3. The maximum Gasteiger partial charge on any atom is 0.225 e. The standard InChI is InChI=1S/C9H16N4/c1-7-6-8(2)12-9(11-7)13(3)5-4-10/h6H,4-5,10H2,1-3H3. The van der Waals surface area contributed by atoms with Gasteiger partial charge in [-0.3, -0.25) is 0 Å². The molecular formula is C9H16N4. The highest BCUT2D eigenvalue weighted by Crippen LogP contribution is 2.06. The Hall–Kier alpha value is -1.16. The van der Waals surface area contributed by atoms with Crippen molar-refractivity contribution in [3.05, 3.63) is 17.5 Å². The first-order chi connectivity index (χ1) is 6.13. The maximum atomic E-state index is 5.45. The van der Waals surface area contributed by atoms with Crippen molar-refractivity contribution in [2.75, 3.05) is 25.0 Å². The minimum atomic E-state index is 0.618. The Kier molecular flexibility index (Phi) is 3.19. The van der Waals surface area contributed by atoms with E-state index in [1.54, 1.807) is 0 Å². The number of anilines is 1. The summed E-state index contributed by atoms with van der Waals surface area (Å²) in [5.74, 6) is 0.753. The van der Waals surface area contributed by atoms with Gasteiger partial charge >= 0.3 is 0 Å². The third-order valence-corrected chi connectivity index (χ3v) is 1.78. The maximum absolute atomic E-state index is 5.45. The van der Waals surface area contributed by atoms with Crippen LogP contribution in [-0.2, 0) is 0 Å². The van der Waals surface area contributed by atoms with Crippen LogP contribution in [0.25, 0.3) is 0 Å². The molecule has 1 aromatic heterocycles. The largest absolute Gasteiger partial charge is 0.343 e. The van der Waals surface area contributed by atoms with Gasteiger partial charge in [-0.05, 0) is 19.9 Å². The molecule has 72 valence electrons. The fourth-order valence-corrected chi connectivity index (χ4v) is 1.17. The summed E-state index contributed by atoms with van der Waals surface area (Å²) >= 11 is 0. The first-order valence-electron chi connectivity index (χ1n) is 4.37. The molecule has 1 rings (SSSR count). The van der Waals surface area contributed by atoms with Crippen LogP contribution in [0.5, 0.6) is 0 Å². The van der Waals surface area contributed by atoms with Crippen molar-refractivity contribution < 1.29 is 0 Å². The van der Waals surface area contributed by atoms with Gasteiger partial charge in [0.25, 0.3) is 0 Å². The van der Waals surface area contributed by atoms with Crippen LogP contribution >= 0.6 is 0 Å². The molecule has 0 radical (unpaired) electrons. The van der Waals surface area contributed by atoms with E-state index in [9.17, 15) is 0 Å². The van der Waals surface area contributed by atoms with Gasteiger partial charge in [0.1, 0.15) is 0 Å². The third kappa shape index (κ3) is 2.66. The Morgan fingerprint density at radius 1 is 1.31 bits per heavy atom. The summed E-state index contributed by atoms with van der Waals surface area (Å²) < 4.78 is 0. The normalized spacial score (nSPS) is 10.2. The van der Waals surface area contributed by atoms with E-state index in [1.807, 2.05) is 31.9 Å². The zero-order valence-electron chi connectivity index (χ0n) is 8.41. The molecule has 13 heavy (non-hydrogen) atoms. The molecule has 1 aromatic rings. The molecule has 0 atom stereocenters. The van der Waals surface area contributed by atoms with Gasteiger partial charge in [-0.2, -0.15) is 0 Å². The fourth-order valence-electron chi connectivity index (χ4n) is 1.17. The molecule has 0 aromatic carbocycles. The van der Waals surface area contributed by atoms with E-state index in [1.165, 1.54) is 0 Å². The molecule has 0 aliphatic carbocycles. The zero-order chi connectivity index (χ0) is 9.84. The lowest BCUT2D eigenvalue weighted by Crippen LogP contribution is -2.27. The van der Waals surface area contributed by atoms with Gasteiger partial charge < -0.3 is 10.6 Å². The van der Waals surface area contributed by atoms with Crippen LogP contribution in [0.3, 0.4) is 0 Å². The van der Waals surface area contributed by atoms with Crippen LogP contribution in [0, 0.1) is 13.8 Å². The highest BCUT2D eigenvalue weighted by Gasteiger charge is 2.03. The molecule has 0 bridgehead atoms. The van der Waals surface area contributed by atoms with Crippen molar-refractivity contribution in [2.24, 2.45) is 5.73 Å². The Balaban J connectivity index is 2.87. The second kappa shape index (κ2) is 4.18. The first kappa shape index (κ1) is 9.92. The predicted octanol–water partition coefficient (Wildman–Crippen LogP) is 0.488. The Labute approximate surface area is 78.8 Å². The van der Waals surface area contributed by atoms with E-state index in [0.717, 1.165) is 23.9 Å². The smallest absolute Gasteiger partial charge is 0.225 e. The van der Waals surface area contributed by atoms with Crippen LogP contribution in [0.2, 0.25) is 0 Å². The van der Waals surface area contributed by atoms with E-state index in [0.29, 0.717) is 6.54 Å². The minimum Gasteiger partial charge on any atom is -0.343 e. The molecule has 0 aliphatic rings. The number of nitrogens with two attached hydrogens (primary N) is 1. The quantitative estimate of drug-likeness (QED) is 0.735. The second-order valence-electron chi connectivity index (χ2n) is 3.16. The fraction of sp³-hybridized carbons (Fsp3) is 0.556. The van der Waals surface area contributed by atoms with E-state index < -0.39 is 0 Å². The third-order valence-electron chi connectivity index (χ3n) is 1.78. The molecule has 0 fully saturated rings. The molecule has 0 saturated heterocycles. The number of nitrogens with zero attached hydrogens (tertiary/aromatic N) is 3. The topological polar surface area (TPSA) is 55.0 Å². The number of likely N-dealkylation sites (N-methyl/N-ethyl adjacent to an activating group) is 1. The molecular weight excluding hydrogens is 164 g/mol. The Morgan fingerprint density at radius 2 is 1.85 bits per heavy atom. The van der Waals surface area contributed by atoms with Crippen LogP contribution in [-0.4, -0.2) is 30.1 Å². The number of aromatic nitrogens is 2. The lowest BCUT2D eigenvalue weighted by Gasteiger charge is -2.16. The number of hydrogen-bond donors (Lipinski definition) is 1. The summed E-state index contributed by atoms with van der Waals surface area (Å²) in [4.78, 5) is 10.6. The monoisotopic (exact) mass is 180 g/mol. The molecule has 2 N–H and O–H groups in total. The van der Waals surface area contributed by atoms with Gasteiger partial charge in [-0.1, -0.05) is 0 Å². The Bertz CT molecular complexity index is 265. The molecule has 0 aliphatic heterocycles. The zero-order valence-corrected chi connectivity index (χ0v) is 8.41.